The standard InChI is InChI=1S/C10H22Br2OSi/c1-10(2,3)8(7-9(11)12)13-14(4,5)6/h8-9H,7H2,1-6H3. The van der Waals surface area contributed by atoms with Gasteiger partial charge in [0.05, 0.1) is 9.84 Å². The van der Waals surface area contributed by atoms with Crippen LogP contribution in [-0.4, -0.2) is 18.2 Å². The fraction of sp³-hybridized carbons (Fsp3) is 1.00. The maximum absolute atomic E-state index is 6.19. The van der Waals surface area contributed by atoms with Crippen molar-refractivity contribution < 1.29 is 4.43 Å². The third kappa shape index (κ3) is 7.43. The third-order valence-corrected chi connectivity index (χ3v) is 3.59. The van der Waals surface area contributed by atoms with Crippen LogP contribution in [0.3, 0.4) is 0 Å². The van der Waals surface area contributed by atoms with Gasteiger partial charge in [-0.3, -0.25) is 0 Å². The first kappa shape index (κ1) is 15.1. The van der Waals surface area contributed by atoms with Crippen LogP contribution >= 0.6 is 31.9 Å². The second kappa shape index (κ2) is 5.46. The number of alkyl halides is 2. The van der Waals surface area contributed by atoms with Crippen molar-refractivity contribution in [3.8, 4) is 0 Å². The van der Waals surface area contributed by atoms with Crippen molar-refractivity contribution in [2.24, 2.45) is 5.41 Å². The lowest BCUT2D eigenvalue weighted by atomic mass is 9.88. The molecule has 1 nitrogen and oxygen atoms in total. The molecule has 0 radical (unpaired) electrons. The molecule has 0 spiro atoms. The lowest BCUT2D eigenvalue weighted by Crippen LogP contribution is -2.40. The number of hydrogen-bond acceptors (Lipinski definition) is 1. The van der Waals surface area contributed by atoms with Crippen LogP contribution in [0, 0.1) is 5.41 Å². The van der Waals surface area contributed by atoms with Gasteiger partial charge in [-0.2, -0.15) is 0 Å². The summed E-state index contributed by atoms with van der Waals surface area (Å²) in [5.41, 5.74) is 0.208. The molecule has 0 fully saturated rings. The first-order valence-corrected chi connectivity index (χ1v) is 10.2. The van der Waals surface area contributed by atoms with E-state index in [1.54, 1.807) is 0 Å². The Morgan fingerprint density at radius 2 is 1.57 bits per heavy atom. The van der Waals surface area contributed by atoms with Gasteiger partial charge in [0.15, 0.2) is 8.32 Å². The minimum absolute atomic E-state index is 0.208. The van der Waals surface area contributed by atoms with Gasteiger partial charge in [0, 0.05) is 0 Å². The van der Waals surface area contributed by atoms with Crippen LogP contribution in [0.15, 0.2) is 0 Å². The van der Waals surface area contributed by atoms with E-state index in [4.69, 9.17) is 4.43 Å². The Labute approximate surface area is 106 Å². The molecule has 0 aliphatic rings. The van der Waals surface area contributed by atoms with E-state index < -0.39 is 8.32 Å². The Hall–Kier alpha value is 1.14. The predicted octanol–water partition coefficient (Wildman–Crippen LogP) is 4.76. The maximum Gasteiger partial charge on any atom is 0.184 e. The first-order valence-electron chi connectivity index (χ1n) is 4.98. The molecule has 0 rings (SSSR count). The summed E-state index contributed by atoms with van der Waals surface area (Å²) in [5.74, 6) is 0. The smallest absolute Gasteiger partial charge is 0.184 e. The van der Waals surface area contributed by atoms with E-state index in [0.29, 0.717) is 9.84 Å². The number of rotatable bonds is 4. The summed E-state index contributed by atoms with van der Waals surface area (Å²) in [5, 5.41) is 0. The van der Waals surface area contributed by atoms with Gasteiger partial charge in [0.2, 0.25) is 0 Å². The lowest BCUT2D eigenvalue weighted by molar-refractivity contribution is 0.0766. The molecule has 0 N–H and O–H groups in total. The van der Waals surface area contributed by atoms with E-state index in [9.17, 15) is 0 Å². The molecule has 0 aromatic rings. The second-order valence-electron chi connectivity index (χ2n) is 5.71. The minimum Gasteiger partial charge on any atom is -0.414 e. The third-order valence-electron chi connectivity index (χ3n) is 1.85. The lowest BCUT2D eigenvalue weighted by Gasteiger charge is -2.36. The maximum atomic E-state index is 6.19. The van der Waals surface area contributed by atoms with Crippen molar-refractivity contribution in [3.63, 3.8) is 0 Å². The van der Waals surface area contributed by atoms with E-state index in [2.05, 4.69) is 72.3 Å². The second-order valence-corrected chi connectivity index (χ2v) is 13.6. The highest BCUT2D eigenvalue weighted by molar-refractivity contribution is 9.24. The first-order chi connectivity index (χ1) is 6.02. The molecule has 4 heteroatoms. The van der Waals surface area contributed by atoms with Crippen molar-refractivity contribution in [1.29, 1.82) is 0 Å². The van der Waals surface area contributed by atoms with Crippen LogP contribution in [0.25, 0.3) is 0 Å². The molecule has 14 heavy (non-hydrogen) atoms. The largest absolute Gasteiger partial charge is 0.414 e. The summed E-state index contributed by atoms with van der Waals surface area (Å²) >= 11 is 7.05. The van der Waals surface area contributed by atoms with Gasteiger partial charge in [0.1, 0.15) is 0 Å². The molecule has 0 heterocycles. The fourth-order valence-electron chi connectivity index (χ4n) is 1.17. The summed E-state index contributed by atoms with van der Waals surface area (Å²) in [7, 11) is -1.44. The van der Waals surface area contributed by atoms with Crippen molar-refractivity contribution in [2.75, 3.05) is 0 Å². The monoisotopic (exact) mass is 344 g/mol. The Morgan fingerprint density at radius 3 is 1.79 bits per heavy atom. The van der Waals surface area contributed by atoms with E-state index in [0.717, 1.165) is 6.42 Å². The van der Waals surface area contributed by atoms with Gasteiger partial charge >= 0.3 is 0 Å². The van der Waals surface area contributed by atoms with Gasteiger partial charge in [-0.05, 0) is 31.5 Å². The number of hydrogen-bond donors (Lipinski definition) is 0. The molecule has 0 aromatic carbocycles. The summed E-state index contributed by atoms with van der Waals surface area (Å²) < 4.78 is 6.54. The number of halogens is 2. The molecule has 0 saturated carbocycles. The Balaban J connectivity index is 4.42. The topological polar surface area (TPSA) is 9.23 Å². The van der Waals surface area contributed by atoms with Crippen LogP contribution in [-0.2, 0) is 4.43 Å². The fourth-order valence-corrected chi connectivity index (χ4v) is 3.15. The van der Waals surface area contributed by atoms with Gasteiger partial charge in [-0.15, -0.1) is 0 Å². The summed E-state index contributed by atoms with van der Waals surface area (Å²) in [6.07, 6.45) is 1.33. The Kier molecular flexibility index (Phi) is 5.90. The molecular formula is C10H22Br2OSi. The molecule has 0 amide bonds. The molecule has 0 aliphatic carbocycles. The quantitative estimate of drug-likeness (QED) is 0.527. The highest BCUT2D eigenvalue weighted by atomic mass is 79.9. The highest BCUT2D eigenvalue weighted by Gasteiger charge is 2.31. The van der Waals surface area contributed by atoms with Crippen LogP contribution in [0.2, 0.25) is 19.6 Å². The Morgan fingerprint density at radius 1 is 1.14 bits per heavy atom. The average Bonchev–Trinajstić information content (AvgIpc) is 1.78. The van der Waals surface area contributed by atoms with E-state index in [-0.39, 0.29) is 5.41 Å². The highest BCUT2D eigenvalue weighted by Crippen LogP contribution is 2.31. The predicted molar refractivity (Wildman–Crippen MR) is 73.9 cm³/mol. The summed E-state index contributed by atoms with van der Waals surface area (Å²) in [4.78, 5) is 0. The molecule has 86 valence electrons. The van der Waals surface area contributed by atoms with Gasteiger partial charge in [-0.1, -0.05) is 52.6 Å². The van der Waals surface area contributed by atoms with E-state index >= 15 is 0 Å². The van der Waals surface area contributed by atoms with Crippen LogP contribution in [0.1, 0.15) is 27.2 Å². The zero-order valence-corrected chi connectivity index (χ0v) is 14.2. The van der Waals surface area contributed by atoms with Crippen molar-refractivity contribution in [1.82, 2.24) is 0 Å². The van der Waals surface area contributed by atoms with Crippen molar-refractivity contribution >= 4 is 40.2 Å². The molecule has 0 bridgehead atoms. The molecule has 1 unspecified atom stereocenters. The van der Waals surface area contributed by atoms with Gasteiger partial charge < -0.3 is 4.43 Å². The van der Waals surface area contributed by atoms with Crippen LogP contribution < -0.4 is 0 Å². The van der Waals surface area contributed by atoms with Crippen LogP contribution in [0.4, 0.5) is 0 Å². The zero-order valence-electron chi connectivity index (χ0n) is 10.0. The molecule has 0 aliphatic heterocycles. The van der Waals surface area contributed by atoms with E-state index in [1.165, 1.54) is 0 Å². The van der Waals surface area contributed by atoms with E-state index in [1.807, 2.05) is 0 Å². The minimum atomic E-state index is -1.44. The molecule has 0 aromatic heterocycles. The SMILES string of the molecule is CC(C)(C)C(CC(Br)Br)O[Si](C)(C)C. The average molecular weight is 346 g/mol. The van der Waals surface area contributed by atoms with Crippen molar-refractivity contribution in [2.45, 2.75) is 56.7 Å². The summed E-state index contributed by atoms with van der Waals surface area (Å²) in [6, 6.07) is 0. The summed E-state index contributed by atoms with van der Waals surface area (Å²) in [6.45, 7) is 13.4. The molecular weight excluding hydrogens is 324 g/mol. The molecule has 1 atom stereocenters. The van der Waals surface area contributed by atoms with Crippen LogP contribution in [0.5, 0.6) is 0 Å². The van der Waals surface area contributed by atoms with Gasteiger partial charge in [0.25, 0.3) is 0 Å². The van der Waals surface area contributed by atoms with Gasteiger partial charge in [-0.25, -0.2) is 0 Å². The normalized spacial score (nSPS) is 16.1. The molecule has 0 saturated heterocycles. The Bertz CT molecular complexity index is 170. The van der Waals surface area contributed by atoms with Crippen molar-refractivity contribution in [3.05, 3.63) is 0 Å². The zero-order chi connectivity index (χ0) is 11.6.